The zero-order chi connectivity index (χ0) is 11.1. The quantitative estimate of drug-likeness (QED) is 0.673. The predicted octanol–water partition coefficient (Wildman–Crippen LogP) is 2.44. The number of hydrogen-bond acceptors (Lipinski definition) is 3. The molecule has 0 radical (unpaired) electrons. The molecule has 1 aromatic rings. The number of benzene rings is 1. The third kappa shape index (κ3) is 4.02. The molecule has 0 bridgehead atoms. The highest BCUT2D eigenvalue weighted by Gasteiger charge is 2.01. The lowest BCUT2D eigenvalue weighted by atomic mass is 10.3. The van der Waals surface area contributed by atoms with Gasteiger partial charge in [0.2, 0.25) is 0 Å². The van der Waals surface area contributed by atoms with Crippen LogP contribution in [0.2, 0.25) is 0 Å². The van der Waals surface area contributed by atoms with Crippen LogP contribution in [0.15, 0.2) is 24.3 Å². The summed E-state index contributed by atoms with van der Waals surface area (Å²) in [5.41, 5.74) is 0. The molecule has 0 aliphatic rings. The van der Waals surface area contributed by atoms with Crippen LogP contribution >= 0.6 is 0 Å². The van der Waals surface area contributed by atoms with Gasteiger partial charge in [-0.3, -0.25) is 4.79 Å². The number of carbonyl (C=O) groups is 1. The Morgan fingerprint density at radius 2 is 1.87 bits per heavy atom. The zero-order valence-corrected chi connectivity index (χ0v) is 9.10. The van der Waals surface area contributed by atoms with E-state index >= 15 is 0 Å². The van der Waals surface area contributed by atoms with Gasteiger partial charge in [-0.15, -0.1) is 0 Å². The van der Waals surface area contributed by atoms with Crippen LogP contribution in [0.4, 0.5) is 0 Å². The zero-order valence-electron chi connectivity index (χ0n) is 9.10. The van der Waals surface area contributed by atoms with E-state index in [1.165, 1.54) is 0 Å². The molecule has 82 valence electrons. The lowest BCUT2D eigenvalue weighted by Gasteiger charge is -2.09. The summed E-state index contributed by atoms with van der Waals surface area (Å²) in [5, 5.41) is 0. The first-order valence-corrected chi connectivity index (χ1v) is 5.11. The molecule has 1 unspecified atom stereocenters. The molecule has 0 N–H and O–H groups in total. The smallest absolute Gasteiger partial charge is 0.160 e. The second-order valence-electron chi connectivity index (χ2n) is 3.28. The largest absolute Gasteiger partial charge is 0.494 e. The van der Waals surface area contributed by atoms with E-state index < -0.39 is 6.10 Å². The lowest BCUT2D eigenvalue weighted by Crippen LogP contribution is -2.12. The molecule has 0 spiro atoms. The third-order valence-corrected chi connectivity index (χ3v) is 1.81. The molecule has 1 atom stereocenters. The van der Waals surface area contributed by atoms with Gasteiger partial charge in [-0.05, 0) is 37.6 Å². The molecule has 0 aliphatic carbocycles. The Bertz CT molecular complexity index is 292. The maximum atomic E-state index is 10.4. The Labute approximate surface area is 90.0 Å². The van der Waals surface area contributed by atoms with Crippen molar-refractivity contribution < 1.29 is 14.3 Å². The van der Waals surface area contributed by atoms with Crippen LogP contribution in [0, 0.1) is 0 Å². The summed E-state index contributed by atoms with van der Waals surface area (Å²) >= 11 is 0. The summed E-state index contributed by atoms with van der Waals surface area (Å²) < 4.78 is 10.7. The van der Waals surface area contributed by atoms with Crippen LogP contribution in [-0.4, -0.2) is 19.0 Å². The highest BCUT2D eigenvalue weighted by Crippen LogP contribution is 2.18. The Morgan fingerprint density at radius 3 is 2.40 bits per heavy atom. The molecule has 1 aromatic carbocycles. The minimum absolute atomic E-state index is 0.410. The molecule has 0 amide bonds. The van der Waals surface area contributed by atoms with E-state index in [0.29, 0.717) is 12.4 Å². The van der Waals surface area contributed by atoms with Crippen molar-refractivity contribution in [1.29, 1.82) is 0 Å². The van der Waals surface area contributed by atoms with Crippen molar-refractivity contribution in [3.05, 3.63) is 24.3 Å². The fourth-order valence-corrected chi connectivity index (χ4v) is 1.08. The molecule has 0 heterocycles. The van der Waals surface area contributed by atoms with Gasteiger partial charge < -0.3 is 9.47 Å². The van der Waals surface area contributed by atoms with Crippen molar-refractivity contribution in [3.63, 3.8) is 0 Å². The van der Waals surface area contributed by atoms with E-state index in [9.17, 15) is 4.79 Å². The second-order valence-corrected chi connectivity index (χ2v) is 3.28. The van der Waals surface area contributed by atoms with Crippen molar-refractivity contribution in [3.8, 4) is 11.5 Å². The molecule has 3 nitrogen and oxygen atoms in total. The fraction of sp³-hybridized carbons (Fsp3) is 0.417. The number of ether oxygens (including phenoxy) is 2. The molecule has 15 heavy (non-hydrogen) atoms. The Hall–Kier alpha value is -1.51. The van der Waals surface area contributed by atoms with Gasteiger partial charge in [-0.2, -0.15) is 0 Å². The highest BCUT2D eigenvalue weighted by atomic mass is 16.5. The van der Waals surface area contributed by atoms with Gasteiger partial charge in [0, 0.05) is 0 Å². The molecule has 0 aliphatic heterocycles. The first-order valence-electron chi connectivity index (χ1n) is 5.11. The highest BCUT2D eigenvalue weighted by molar-refractivity contribution is 5.56. The maximum absolute atomic E-state index is 10.4. The van der Waals surface area contributed by atoms with E-state index in [0.717, 1.165) is 18.5 Å². The Kier molecular flexibility index (Phi) is 4.68. The Balaban J connectivity index is 2.52. The number of aldehydes is 1. The average Bonchev–Trinajstić information content (AvgIpc) is 2.28. The minimum atomic E-state index is -0.410. The first kappa shape index (κ1) is 11.6. The van der Waals surface area contributed by atoms with Crippen LogP contribution in [0.5, 0.6) is 11.5 Å². The molecular formula is C12H16O3. The summed E-state index contributed by atoms with van der Waals surface area (Å²) in [6, 6.07) is 7.26. The average molecular weight is 208 g/mol. The van der Waals surface area contributed by atoms with Crippen LogP contribution < -0.4 is 9.47 Å². The summed E-state index contributed by atoms with van der Waals surface area (Å²) in [4.78, 5) is 10.4. The van der Waals surface area contributed by atoms with Crippen LogP contribution in [0.3, 0.4) is 0 Å². The summed E-state index contributed by atoms with van der Waals surface area (Å²) in [6.07, 6.45) is 1.34. The maximum Gasteiger partial charge on any atom is 0.160 e. The number of rotatable bonds is 6. The fourth-order valence-electron chi connectivity index (χ4n) is 1.08. The minimum Gasteiger partial charge on any atom is -0.494 e. The van der Waals surface area contributed by atoms with E-state index in [-0.39, 0.29) is 0 Å². The topological polar surface area (TPSA) is 35.5 Å². The number of hydrogen-bond donors (Lipinski definition) is 0. The van der Waals surface area contributed by atoms with Gasteiger partial charge in [0.15, 0.2) is 12.4 Å². The molecule has 0 aromatic heterocycles. The molecule has 3 heteroatoms. The van der Waals surface area contributed by atoms with Crippen LogP contribution in [-0.2, 0) is 4.79 Å². The van der Waals surface area contributed by atoms with E-state index in [4.69, 9.17) is 9.47 Å². The van der Waals surface area contributed by atoms with Crippen LogP contribution in [0.25, 0.3) is 0 Å². The molecular weight excluding hydrogens is 192 g/mol. The van der Waals surface area contributed by atoms with Crippen molar-refractivity contribution in [1.82, 2.24) is 0 Å². The van der Waals surface area contributed by atoms with Crippen molar-refractivity contribution in [2.24, 2.45) is 0 Å². The normalized spacial score (nSPS) is 11.9. The van der Waals surface area contributed by atoms with Gasteiger partial charge in [-0.25, -0.2) is 0 Å². The summed E-state index contributed by atoms with van der Waals surface area (Å²) in [6.45, 7) is 4.47. The van der Waals surface area contributed by atoms with Gasteiger partial charge >= 0.3 is 0 Å². The Morgan fingerprint density at radius 1 is 1.27 bits per heavy atom. The van der Waals surface area contributed by atoms with Gasteiger partial charge in [0.1, 0.15) is 11.5 Å². The van der Waals surface area contributed by atoms with Crippen LogP contribution in [0.1, 0.15) is 20.3 Å². The molecule has 0 saturated carbocycles. The van der Waals surface area contributed by atoms with Gasteiger partial charge in [0.25, 0.3) is 0 Å². The monoisotopic (exact) mass is 208 g/mol. The van der Waals surface area contributed by atoms with Crippen molar-refractivity contribution in [2.75, 3.05) is 6.61 Å². The van der Waals surface area contributed by atoms with E-state index in [1.807, 2.05) is 12.1 Å². The third-order valence-electron chi connectivity index (χ3n) is 1.81. The van der Waals surface area contributed by atoms with Crippen molar-refractivity contribution in [2.45, 2.75) is 26.4 Å². The SMILES string of the molecule is CCCOc1ccc(OC(C)C=O)cc1. The molecule has 0 saturated heterocycles. The standard InChI is InChI=1S/C12H16O3/c1-3-8-14-11-4-6-12(7-5-11)15-10(2)9-13/h4-7,9-10H,3,8H2,1-2H3. The second kappa shape index (κ2) is 6.06. The predicted molar refractivity (Wildman–Crippen MR) is 58.4 cm³/mol. The first-order chi connectivity index (χ1) is 7.26. The van der Waals surface area contributed by atoms with Gasteiger partial charge in [-0.1, -0.05) is 6.92 Å². The van der Waals surface area contributed by atoms with E-state index in [1.54, 1.807) is 19.1 Å². The van der Waals surface area contributed by atoms with Crippen molar-refractivity contribution >= 4 is 6.29 Å². The lowest BCUT2D eigenvalue weighted by molar-refractivity contribution is -0.113. The summed E-state index contributed by atoms with van der Waals surface area (Å²) in [7, 11) is 0. The summed E-state index contributed by atoms with van der Waals surface area (Å²) in [5.74, 6) is 1.50. The van der Waals surface area contributed by atoms with Gasteiger partial charge in [0.05, 0.1) is 6.61 Å². The molecule has 1 rings (SSSR count). The molecule has 0 fully saturated rings. The number of carbonyl (C=O) groups excluding carboxylic acids is 1. The van der Waals surface area contributed by atoms with E-state index in [2.05, 4.69) is 6.92 Å².